The summed E-state index contributed by atoms with van der Waals surface area (Å²) in [5.74, 6) is 1.06. The minimum Gasteiger partial charge on any atom is -0.353 e. The molecule has 3 rings (SSSR count). The molecule has 0 saturated carbocycles. The van der Waals surface area contributed by atoms with Gasteiger partial charge in [0.2, 0.25) is 0 Å². The summed E-state index contributed by atoms with van der Waals surface area (Å²) in [6, 6.07) is 2.01. The Kier molecular flexibility index (Phi) is 3.65. The molecule has 114 valence electrons. The van der Waals surface area contributed by atoms with Crippen molar-refractivity contribution >= 4 is 37.2 Å². The van der Waals surface area contributed by atoms with Gasteiger partial charge in [-0.1, -0.05) is 13.8 Å². The van der Waals surface area contributed by atoms with E-state index >= 15 is 0 Å². The van der Waals surface area contributed by atoms with E-state index in [1.54, 1.807) is 17.7 Å². The third kappa shape index (κ3) is 2.23. The number of thiophene rings is 1. The number of fused-ring (bicyclic) bond motifs is 1. The highest BCUT2D eigenvalue weighted by Gasteiger charge is 2.45. The van der Waals surface area contributed by atoms with E-state index in [1.807, 2.05) is 25.3 Å². The lowest BCUT2D eigenvalue weighted by Gasteiger charge is -2.42. The van der Waals surface area contributed by atoms with Crippen LogP contribution in [0.2, 0.25) is 0 Å². The summed E-state index contributed by atoms with van der Waals surface area (Å²) >= 11 is 1.58. The molecule has 2 aromatic heterocycles. The predicted molar refractivity (Wildman–Crippen MR) is 86.7 cm³/mol. The number of hydrogen-bond donors (Lipinski definition) is 0. The molecule has 3 heterocycles. The van der Waals surface area contributed by atoms with Crippen LogP contribution in [0.15, 0.2) is 17.8 Å². The van der Waals surface area contributed by atoms with Gasteiger partial charge in [-0.05, 0) is 24.3 Å². The summed E-state index contributed by atoms with van der Waals surface area (Å²) in [5, 5.41) is 3.01. The van der Waals surface area contributed by atoms with Gasteiger partial charge in [-0.25, -0.2) is 18.4 Å². The number of sulfone groups is 1. The van der Waals surface area contributed by atoms with E-state index in [0.29, 0.717) is 25.9 Å². The van der Waals surface area contributed by atoms with Crippen LogP contribution < -0.4 is 4.90 Å². The van der Waals surface area contributed by atoms with Crippen LogP contribution in [0.4, 0.5) is 5.82 Å². The van der Waals surface area contributed by atoms with Gasteiger partial charge in [0, 0.05) is 13.1 Å². The zero-order valence-corrected chi connectivity index (χ0v) is 13.9. The minimum atomic E-state index is -3.05. The molecular weight excluding hydrogens is 306 g/mol. The monoisotopic (exact) mass is 325 g/mol. The third-order valence-corrected chi connectivity index (χ3v) is 8.16. The zero-order valence-electron chi connectivity index (χ0n) is 12.2. The van der Waals surface area contributed by atoms with Gasteiger partial charge < -0.3 is 4.90 Å². The summed E-state index contributed by atoms with van der Waals surface area (Å²) in [5.41, 5.74) is 0. The van der Waals surface area contributed by atoms with E-state index in [1.165, 1.54) is 0 Å². The van der Waals surface area contributed by atoms with Crippen molar-refractivity contribution in [3.63, 3.8) is 0 Å². The van der Waals surface area contributed by atoms with Crippen molar-refractivity contribution in [3.8, 4) is 0 Å². The molecule has 0 N–H and O–H groups in total. The minimum absolute atomic E-state index is 0.199. The molecule has 0 unspecified atom stereocenters. The first kappa shape index (κ1) is 14.7. The molecule has 2 aromatic rings. The maximum absolute atomic E-state index is 12.5. The molecule has 7 heteroatoms. The van der Waals surface area contributed by atoms with Crippen molar-refractivity contribution in [3.05, 3.63) is 17.8 Å². The smallest absolute Gasteiger partial charge is 0.159 e. The summed E-state index contributed by atoms with van der Waals surface area (Å²) in [7, 11) is -3.05. The van der Waals surface area contributed by atoms with E-state index in [9.17, 15) is 8.42 Å². The second-order valence-electron chi connectivity index (χ2n) is 5.47. The largest absolute Gasteiger partial charge is 0.353 e. The fourth-order valence-electron chi connectivity index (χ4n) is 3.10. The van der Waals surface area contributed by atoms with Crippen LogP contribution in [0, 0.1) is 0 Å². The van der Waals surface area contributed by atoms with Gasteiger partial charge in [-0.15, -0.1) is 11.3 Å². The van der Waals surface area contributed by atoms with Gasteiger partial charge in [0.05, 0.1) is 15.9 Å². The predicted octanol–water partition coefficient (Wildman–Crippen LogP) is 2.48. The van der Waals surface area contributed by atoms with Crippen molar-refractivity contribution in [2.24, 2.45) is 0 Å². The van der Waals surface area contributed by atoms with Gasteiger partial charge >= 0.3 is 0 Å². The van der Waals surface area contributed by atoms with Gasteiger partial charge in [-0.3, -0.25) is 0 Å². The van der Waals surface area contributed by atoms with Crippen LogP contribution in [0.1, 0.15) is 26.7 Å². The summed E-state index contributed by atoms with van der Waals surface area (Å²) in [6.07, 6.45) is 2.84. The van der Waals surface area contributed by atoms with E-state index < -0.39 is 14.6 Å². The Morgan fingerprint density at radius 3 is 2.81 bits per heavy atom. The first-order chi connectivity index (χ1) is 10.0. The van der Waals surface area contributed by atoms with Gasteiger partial charge in [0.25, 0.3) is 0 Å². The number of nitrogens with zero attached hydrogens (tertiary/aromatic N) is 3. The fraction of sp³-hybridized carbons (Fsp3) is 0.571. The SMILES string of the molecule is CCC1(CC)CN(c2ncnc3sccc23)CCS1(=O)=O. The highest BCUT2D eigenvalue weighted by atomic mass is 32.2. The van der Waals surface area contributed by atoms with Gasteiger partial charge in [-0.2, -0.15) is 0 Å². The van der Waals surface area contributed by atoms with Crippen molar-refractivity contribution in [1.29, 1.82) is 0 Å². The lowest BCUT2D eigenvalue weighted by atomic mass is 10.0. The van der Waals surface area contributed by atoms with Gasteiger partial charge in [0.15, 0.2) is 9.84 Å². The molecule has 0 amide bonds. The maximum Gasteiger partial charge on any atom is 0.159 e. The molecule has 0 aromatic carbocycles. The molecule has 0 aliphatic carbocycles. The topological polar surface area (TPSA) is 63.2 Å². The molecule has 1 fully saturated rings. The number of anilines is 1. The van der Waals surface area contributed by atoms with E-state index in [4.69, 9.17) is 0 Å². The highest BCUT2D eigenvalue weighted by Crippen LogP contribution is 2.35. The molecule has 1 saturated heterocycles. The van der Waals surface area contributed by atoms with Crippen molar-refractivity contribution < 1.29 is 8.42 Å². The Bertz CT molecular complexity index is 750. The highest BCUT2D eigenvalue weighted by molar-refractivity contribution is 7.92. The van der Waals surface area contributed by atoms with Crippen LogP contribution in [0.3, 0.4) is 0 Å². The van der Waals surface area contributed by atoms with E-state index in [0.717, 1.165) is 16.0 Å². The molecule has 0 spiro atoms. The van der Waals surface area contributed by atoms with Gasteiger partial charge in [0.1, 0.15) is 17.0 Å². The molecule has 0 bridgehead atoms. The molecule has 21 heavy (non-hydrogen) atoms. The molecule has 1 aliphatic rings. The normalized spacial score (nSPS) is 20.8. The Hall–Kier alpha value is -1.21. The van der Waals surface area contributed by atoms with Crippen LogP contribution in [-0.4, -0.2) is 42.0 Å². The lowest BCUT2D eigenvalue weighted by molar-refractivity contribution is 0.458. The number of hydrogen-bond acceptors (Lipinski definition) is 6. The maximum atomic E-state index is 12.5. The zero-order chi connectivity index (χ0) is 15.1. The molecule has 5 nitrogen and oxygen atoms in total. The summed E-state index contributed by atoms with van der Waals surface area (Å²) in [4.78, 5) is 11.7. The summed E-state index contributed by atoms with van der Waals surface area (Å²) in [6.45, 7) is 4.95. The Labute approximate surface area is 128 Å². The van der Waals surface area contributed by atoms with Crippen molar-refractivity contribution in [2.45, 2.75) is 31.4 Å². The van der Waals surface area contributed by atoms with E-state index in [-0.39, 0.29) is 5.75 Å². The van der Waals surface area contributed by atoms with Crippen LogP contribution in [0.5, 0.6) is 0 Å². The van der Waals surface area contributed by atoms with Crippen molar-refractivity contribution in [2.75, 3.05) is 23.7 Å². The van der Waals surface area contributed by atoms with Crippen LogP contribution in [0.25, 0.3) is 10.2 Å². The van der Waals surface area contributed by atoms with E-state index in [2.05, 4.69) is 14.9 Å². The molecule has 0 atom stereocenters. The quantitative estimate of drug-likeness (QED) is 0.867. The number of rotatable bonds is 3. The standard InChI is InChI=1S/C14H19N3O2S2/c1-3-14(4-2)9-17(6-8-21(14,18)19)12-11-5-7-20-13(11)16-10-15-12/h5,7,10H,3-4,6,8-9H2,1-2H3. The Morgan fingerprint density at radius 1 is 1.33 bits per heavy atom. The third-order valence-electron chi connectivity index (χ3n) is 4.60. The molecular formula is C14H19N3O2S2. The summed E-state index contributed by atoms with van der Waals surface area (Å²) < 4.78 is 24.3. The average Bonchev–Trinajstić information content (AvgIpc) is 2.96. The van der Waals surface area contributed by atoms with Crippen LogP contribution in [-0.2, 0) is 9.84 Å². The molecule has 1 aliphatic heterocycles. The van der Waals surface area contributed by atoms with Crippen LogP contribution >= 0.6 is 11.3 Å². The lowest BCUT2D eigenvalue weighted by Crippen LogP contribution is -2.56. The Balaban J connectivity index is 2.03. The Morgan fingerprint density at radius 2 is 2.10 bits per heavy atom. The average molecular weight is 325 g/mol. The number of aromatic nitrogens is 2. The first-order valence-electron chi connectivity index (χ1n) is 7.18. The second-order valence-corrected chi connectivity index (χ2v) is 8.87. The second kappa shape index (κ2) is 5.21. The molecule has 0 radical (unpaired) electrons. The first-order valence-corrected chi connectivity index (χ1v) is 9.71. The fourth-order valence-corrected chi connectivity index (χ4v) is 5.95. The van der Waals surface area contributed by atoms with Crippen molar-refractivity contribution in [1.82, 2.24) is 9.97 Å².